The van der Waals surface area contributed by atoms with Gasteiger partial charge in [-0.25, -0.2) is 0 Å². The van der Waals surface area contributed by atoms with Crippen LogP contribution in [0.5, 0.6) is 0 Å². The summed E-state index contributed by atoms with van der Waals surface area (Å²) in [6.07, 6.45) is 1.23. The molecule has 0 aliphatic rings. The summed E-state index contributed by atoms with van der Waals surface area (Å²) in [5.74, 6) is 0. The van der Waals surface area contributed by atoms with Crippen molar-refractivity contribution in [2.24, 2.45) is 5.41 Å². The lowest BCUT2D eigenvalue weighted by molar-refractivity contribution is 0.205. The van der Waals surface area contributed by atoms with Gasteiger partial charge in [-0.1, -0.05) is 27.7 Å². The van der Waals surface area contributed by atoms with Gasteiger partial charge in [0.2, 0.25) is 0 Å². The third-order valence-corrected chi connectivity index (χ3v) is 3.15. The lowest BCUT2D eigenvalue weighted by atomic mass is 9.84. The Morgan fingerprint density at radius 3 is 2.07 bits per heavy atom. The van der Waals surface area contributed by atoms with Gasteiger partial charge in [0.15, 0.2) is 0 Å². The molecule has 0 rings (SSSR count). The predicted molar refractivity (Wildman–Crippen MR) is 69.3 cm³/mol. The molecule has 0 aromatic heterocycles. The van der Waals surface area contributed by atoms with Crippen LogP contribution in [0.4, 0.5) is 0 Å². The first-order valence-electron chi connectivity index (χ1n) is 6.22. The average molecular weight is 214 g/mol. The van der Waals surface area contributed by atoms with Gasteiger partial charge in [0.25, 0.3) is 0 Å². The second-order valence-corrected chi connectivity index (χ2v) is 5.84. The van der Waals surface area contributed by atoms with E-state index in [9.17, 15) is 0 Å². The highest BCUT2D eigenvalue weighted by Crippen LogP contribution is 2.22. The second-order valence-electron chi connectivity index (χ2n) is 5.84. The molecule has 0 heterocycles. The summed E-state index contributed by atoms with van der Waals surface area (Å²) in [4.78, 5) is 2.41. The summed E-state index contributed by atoms with van der Waals surface area (Å²) in [6.45, 7) is 15.9. The van der Waals surface area contributed by atoms with E-state index >= 15 is 0 Å². The van der Waals surface area contributed by atoms with Crippen molar-refractivity contribution in [2.45, 2.75) is 60.0 Å². The van der Waals surface area contributed by atoms with Crippen molar-refractivity contribution in [3.05, 3.63) is 0 Å². The van der Waals surface area contributed by atoms with Gasteiger partial charge >= 0.3 is 0 Å². The third kappa shape index (κ3) is 6.16. The molecule has 0 bridgehead atoms. The molecular weight excluding hydrogens is 184 g/mol. The molecule has 0 amide bonds. The Hall–Kier alpha value is -0.0800. The highest BCUT2D eigenvalue weighted by molar-refractivity contribution is 4.81. The van der Waals surface area contributed by atoms with Crippen molar-refractivity contribution in [2.75, 3.05) is 20.1 Å². The third-order valence-electron chi connectivity index (χ3n) is 3.15. The van der Waals surface area contributed by atoms with Gasteiger partial charge < -0.3 is 10.2 Å². The number of nitrogens with one attached hydrogen (secondary N) is 1. The Morgan fingerprint density at radius 1 is 1.20 bits per heavy atom. The van der Waals surface area contributed by atoms with Gasteiger partial charge in [0.1, 0.15) is 0 Å². The Kier molecular flexibility index (Phi) is 6.46. The Bertz CT molecular complexity index is 158. The fourth-order valence-corrected chi connectivity index (χ4v) is 1.68. The Balaban J connectivity index is 4.08. The zero-order valence-corrected chi connectivity index (χ0v) is 11.7. The molecule has 0 fully saturated rings. The molecule has 2 nitrogen and oxygen atoms in total. The number of hydrogen-bond donors (Lipinski definition) is 1. The quantitative estimate of drug-likeness (QED) is 0.731. The van der Waals surface area contributed by atoms with E-state index in [0.29, 0.717) is 17.5 Å². The summed E-state index contributed by atoms with van der Waals surface area (Å²) in [7, 11) is 2.20. The second kappa shape index (κ2) is 6.49. The number of rotatable bonds is 6. The van der Waals surface area contributed by atoms with Crippen molar-refractivity contribution < 1.29 is 0 Å². The van der Waals surface area contributed by atoms with Crippen LogP contribution in [0.15, 0.2) is 0 Å². The van der Waals surface area contributed by atoms with E-state index in [2.05, 4.69) is 58.8 Å². The maximum absolute atomic E-state index is 3.59. The van der Waals surface area contributed by atoms with E-state index in [1.807, 2.05) is 0 Å². The van der Waals surface area contributed by atoms with Gasteiger partial charge in [-0.05, 0) is 45.8 Å². The van der Waals surface area contributed by atoms with Gasteiger partial charge in [-0.3, -0.25) is 0 Å². The van der Waals surface area contributed by atoms with Gasteiger partial charge in [-0.15, -0.1) is 0 Å². The summed E-state index contributed by atoms with van der Waals surface area (Å²) in [6, 6.07) is 1.26. The molecule has 0 saturated carbocycles. The van der Waals surface area contributed by atoms with Crippen LogP contribution >= 0.6 is 0 Å². The zero-order chi connectivity index (χ0) is 12.1. The molecule has 0 aliphatic carbocycles. The number of nitrogens with zero attached hydrogens (tertiary/aromatic N) is 1. The molecule has 1 unspecified atom stereocenters. The fourth-order valence-electron chi connectivity index (χ4n) is 1.68. The predicted octanol–water partition coefficient (Wildman–Crippen LogP) is 2.74. The monoisotopic (exact) mass is 214 g/mol. The summed E-state index contributed by atoms with van der Waals surface area (Å²) >= 11 is 0. The molecule has 0 aromatic carbocycles. The average Bonchev–Trinajstić information content (AvgIpc) is 2.09. The summed E-state index contributed by atoms with van der Waals surface area (Å²) < 4.78 is 0. The Labute approximate surface area is 96.4 Å². The highest BCUT2D eigenvalue weighted by atomic mass is 15.1. The van der Waals surface area contributed by atoms with Crippen molar-refractivity contribution in [3.8, 4) is 0 Å². The zero-order valence-electron chi connectivity index (χ0n) is 11.7. The molecule has 1 atom stereocenters. The van der Waals surface area contributed by atoms with Crippen LogP contribution in [0.25, 0.3) is 0 Å². The van der Waals surface area contributed by atoms with Crippen LogP contribution in [-0.4, -0.2) is 37.1 Å². The highest BCUT2D eigenvalue weighted by Gasteiger charge is 2.23. The Morgan fingerprint density at radius 2 is 1.73 bits per heavy atom. The van der Waals surface area contributed by atoms with Crippen LogP contribution in [0.1, 0.15) is 48.0 Å². The molecule has 0 radical (unpaired) electrons. The maximum Gasteiger partial charge on any atom is 0.0128 e. The van der Waals surface area contributed by atoms with Crippen LogP contribution in [-0.2, 0) is 0 Å². The minimum Gasteiger partial charge on any atom is -0.314 e. The smallest absolute Gasteiger partial charge is 0.0128 e. The lowest BCUT2D eigenvalue weighted by Crippen LogP contribution is -2.43. The van der Waals surface area contributed by atoms with Crippen LogP contribution in [0.3, 0.4) is 0 Å². The van der Waals surface area contributed by atoms with Crippen LogP contribution < -0.4 is 5.32 Å². The minimum atomic E-state index is 0.355. The first kappa shape index (κ1) is 14.9. The molecule has 0 saturated heterocycles. The molecule has 2 heteroatoms. The minimum absolute atomic E-state index is 0.355. The van der Waals surface area contributed by atoms with E-state index in [-0.39, 0.29) is 0 Å². The molecule has 92 valence electrons. The van der Waals surface area contributed by atoms with E-state index in [0.717, 1.165) is 6.54 Å². The summed E-state index contributed by atoms with van der Waals surface area (Å²) in [5, 5.41) is 3.59. The first-order valence-corrected chi connectivity index (χ1v) is 6.22. The largest absolute Gasteiger partial charge is 0.314 e. The van der Waals surface area contributed by atoms with Crippen molar-refractivity contribution >= 4 is 0 Å². The summed E-state index contributed by atoms with van der Waals surface area (Å²) in [5.41, 5.74) is 0.355. The molecule has 0 aliphatic heterocycles. The van der Waals surface area contributed by atoms with Gasteiger partial charge in [-0.2, -0.15) is 0 Å². The SMILES string of the molecule is CCNC(CCN(C)C(C)C)C(C)(C)C. The van der Waals surface area contributed by atoms with E-state index in [1.54, 1.807) is 0 Å². The molecule has 1 N–H and O–H groups in total. The van der Waals surface area contributed by atoms with Crippen molar-refractivity contribution in [1.82, 2.24) is 10.2 Å². The molecule has 15 heavy (non-hydrogen) atoms. The first-order chi connectivity index (χ1) is 6.79. The van der Waals surface area contributed by atoms with Gasteiger partial charge in [0, 0.05) is 12.1 Å². The van der Waals surface area contributed by atoms with E-state index in [4.69, 9.17) is 0 Å². The van der Waals surface area contributed by atoms with Crippen molar-refractivity contribution in [3.63, 3.8) is 0 Å². The topological polar surface area (TPSA) is 15.3 Å². The lowest BCUT2D eigenvalue weighted by Gasteiger charge is -2.33. The molecular formula is C13H30N2. The standard InChI is InChI=1S/C13H30N2/c1-8-14-12(13(4,5)6)9-10-15(7)11(2)3/h11-12,14H,8-10H2,1-7H3. The van der Waals surface area contributed by atoms with E-state index < -0.39 is 0 Å². The molecule has 0 spiro atoms. The van der Waals surface area contributed by atoms with Gasteiger partial charge in [0.05, 0.1) is 0 Å². The maximum atomic E-state index is 3.59. The van der Waals surface area contributed by atoms with E-state index in [1.165, 1.54) is 13.0 Å². The van der Waals surface area contributed by atoms with Crippen LogP contribution in [0.2, 0.25) is 0 Å². The molecule has 0 aromatic rings. The number of hydrogen-bond acceptors (Lipinski definition) is 2. The van der Waals surface area contributed by atoms with Crippen LogP contribution in [0, 0.1) is 5.41 Å². The normalized spacial score (nSPS) is 15.0. The fraction of sp³-hybridized carbons (Fsp3) is 1.00. The van der Waals surface area contributed by atoms with Crippen molar-refractivity contribution in [1.29, 1.82) is 0 Å².